The fourth-order valence-corrected chi connectivity index (χ4v) is 1.78. The zero-order valence-electron chi connectivity index (χ0n) is 9.84. The van der Waals surface area contributed by atoms with Crippen LogP contribution < -0.4 is 9.47 Å². The highest BCUT2D eigenvalue weighted by molar-refractivity contribution is 5.95. The van der Waals surface area contributed by atoms with Crippen LogP contribution in [0.1, 0.15) is 11.7 Å². The van der Waals surface area contributed by atoms with Crippen molar-refractivity contribution in [2.75, 3.05) is 7.11 Å². The molecule has 0 amide bonds. The highest BCUT2D eigenvalue weighted by Crippen LogP contribution is 2.28. The largest absolute Gasteiger partial charge is 0.512 e. The molecular formula is C12H11NO5. The second kappa shape index (κ2) is 4.40. The van der Waals surface area contributed by atoms with Crippen molar-refractivity contribution in [3.63, 3.8) is 0 Å². The highest BCUT2D eigenvalue weighted by atomic mass is 16.7. The Labute approximate surface area is 102 Å². The number of fused-ring (bicyclic) bond motifs is 1. The van der Waals surface area contributed by atoms with Crippen LogP contribution in [0.5, 0.6) is 11.6 Å². The lowest BCUT2D eigenvalue weighted by molar-refractivity contribution is 0.0927. The molecule has 2 rings (SSSR count). The van der Waals surface area contributed by atoms with Gasteiger partial charge in [-0.3, -0.25) is 4.79 Å². The third kappa shape index (κ3) is 2.00. The van der Waals surface area contributed by atoms with Crippen molar-refractivity contribution >= 4 is 23.0 Å². The predicted octanol–water partition coefficient (Wildman–Crippen LogP) is 2.37. The van der Waals surface area contributed by atoms with Crippen LogP contribution in [0.25, 0.3) is 10.9 Å². The zero-order chi connectivity index (χ0) is 13.3. The van der Waals surface area contributed by atoms with Crippen molar-refractivity contribution < 1.29 is 24.2 Å². The SMILES string of the molecule is COc1ccc2c(c1)cc(OC(=O)O)n2C(C)=O. The summed E-state index contributed by atoms with van der Waals surface area (Å²) in [6.07, 6.45) is -1.47. The molecule has 1 N–H and O–H groups in total. The third-order valence-corrected chi connectivity index (χ3v) is 2.48. The monoisotopic (exact) mass is 249 g/mol. The van der Waals surface area contributed by atoms with Crippen molar-refractivity contribution in [3.05, 3.63) is 24.3 Å². The number of hydrogen-bond donors (Lipinski definition) is 1. The van der Waals surface area contributed by atoms with Gasteiger partial charge in [0.05, 0.1) is 12.6 Å². The molecule has 0 spiro atoms. The summed E-state index contributed by atoms with van der Waals surface area (Å²) in [5.41, 5.74) is 0.569. The van der Waals surface area contributed by atoms with E-state index in [0.29, 0.717) is 16.7 Å². The van der Waals surface area contributed by atoms with Crippen LogP contribution in [0.15, 0.2) is 24.3 Å². The summed E-state index contributed by atoms with van der Waals surface area (Å²) >= 11 is 0. The number of methoxy groups -OCH3 is 1. The Hall–Kier alpha value is -2.50. The van der Waals surface area contributed by atoms with E-state index in [1.165, 1.54) is 24.7 Å². The fourth-order valence-electron chi connectivity index (χ4n) is 1.78. The van der Waals surface area contributed by atoms with Crippen LogP contribution in [-0.2, 0) is 0 Å². The molecule has 0 saturated carbocycles. The van der Waals surface area contributed by atoms with Crippen molar-refractivity contribution in [2.45, 2.75) is 6.92 Å². The fraction of sp³-hybridized carbons (Fsp3) is 0.167. The molecule has 1 aromatic carbocycles. The molecule has 0 bridgehead atoms. The van der Waals surface area contributed by atoms with E-state index in [0.717, 1.165) is 0 Å². The normalized spacial score (nSPS) is 10.3. The minimum Gasteiger partial charge on any atom is -0.497 e. The number of nitrogens with zero attached hydrogens (tertiary/aromatic N) is 1. The van der Waals surface area contributed by atoms with Crippen LogP contribution in [0.2, 0.25) is 0 Å². The molecule has 18 heavy (non-hydrogen) atoms. The van der Waals surface area contributed by atoms with Gasteiger partial charge in [-0.05, 0) is 18.2 Å². The Morgan fingerprint density at radius 3 is 2.56 bits per heavy atom. The van der Waals surface area contributed by atoms with E-state index in [9.17, 15) is 9.59 Å². The van der Waals surface area contributed by atoms with Gasteiger partial charge in [0.15, 0.2) is 0 Å². The molecule has 0 aliphatic rings. The predicted molar refractivity (Wildman–Crippen MR) is 63.4 cm³/mol. The van der Waals surface area contributed by atoms with Gasteiger partial charge in [-0.15, -0.1) is 0 Å². The Morgan fingerprint density at radius 1 is 1.28 bits per heavy atom. The summed E-state index contributed by atoms with van der Waals surface area (Å²) in [4.78, 5) is 22.1. The lowest BCUT2D eigenvalue weighted by Crippen LogP contribution is -2.12. The first-order valence-corrected chi connectivity index (χ1v) is 5.14. The van der Waals surface area contributed by atoms with Gasteiger partial charge in [0.2, 0.25) is 11.8 Å². The number of carboxylic acid groups (broad SMARTS) is 1. The number of benzene rings is 1. The molecule has 0 unspecified atom stereocenters. The molecule has 0 radical (unpaired) electrons. The van der Waals surface area contributed by atoms with Crippen molar-refractivity contribution in [2.24, 2.45) is 0 Å². The Bertz CT molecular complexity index is 629. The molecule has 0 atom stereocenters. The number of rotatable bonds is 2. The standard InChI is InChI=1S/C12H11NO5/c1-7(14)13-10-4-3-9(17-2)5-8(10)6-11(13)18-12(15)16/h3-6H,1-2H3,(H,15,16). The van der Waals surface area contributed by atoms with Gasteiger partial charge in [0.1, 0.15) is 5.75 Å². The second-order valence-electron chi connectivity index (χ2n) is 3.63. The van der Waals surface area contributed by atoms with Crippen molar-refractivity contribution in [3.8, 4) is 11.6 Å². The summed E-state index contributed by atoms with van der Waals surface area (Å²) in [5, 5.41) is 9.29. The van der Waals surface area contributed by atoms with Gasteiger partial charge < -0.3 is 14.6 Å². The maximum atomic E-state index is 11.5. The highest BCUT2D eigenvalue weighted by Gasteiger charge is 2.16. The number of carbonyl (C=O) groups excluding carboxylic acids is 1. The first-order valence-electron chi connectivity index (χ1n) is 5.14. The van der Waals surface area contributed by atoms with Gasteiger partial charge in [-0.2, -0.15) is 0 Å². The Balaban J connectivity index is 2.66. The summed E-state index contributed by atoms with van der Waals surface area (Å²) in [5.74, 6) is 0.259. The van der Waals surface area contributed by atoms with E-state index in [4.69, 9.17) is 9.84 Å². The van der Waals surface area contributed by atoms with E-state index < -0.39 is 6.16 Å². The van der Waals surface area contributed by atoms with Gasteiger partial charge in [-0.1, -0.05) is 0 Å². The van der Waals surface area contributed by atoms with Gasteiger partial charge in [0.25, 0.3) is 0 Å². The first kappa shape index (κ1) is 12.0. The molecule has 6 heteroatoms. The zero-order valence-corrected chi connectivity index (χ0v) is 9.84. The smallest absolute Gasteiger partial charge is 0.497 e. The molecule has 2 aromatic rings. The van der Waals surface area contributed by atoms with Crippen LogP contribution in [0.4, 0.5) is 4.79 Å². The molecule has 0 saturated heterocycles. The number of carbonyl (C=O) groups is 2. The molecule has 0 fully saturated rings. The Kier molecular flexibility index (Phi) is 2.93. The topological polar surface area (TPSA) is 77.8 Å². The van der Waals surface area contributed by atoms with Crippen LogP contribution in [0.3, 0.4) is 0 Å². The first-order chi connectivity index (χ1) is 8.52. The van der Waals surface area contributed by atoms with Crippen molar-refractivity contribution in [1.29, 1.82) is 0 Å². The third-order valence-electron chi connectivity index (χ3n) is 2.48. The van der Waals surface area contributed by atoms with Gasteiger partial charge >= 0.3 is 6.16 Å². The number of hydrogen-bond acceptors (Lipinski definition) is 4. The van der Waals surface area contributed by atoms with Crippen LogP contribution in [0, 0.1) is 0 Å². The molecule has 1 aromatic heterocycles. The minimum atomic E-state index is -1.47. The summed E-state index contributed by atoms with van der Waals surface area (Å²) in [6, 6.07) is 6.54. The number of ether oxygens (including phenoxy) is 2. The quantitative estimate of drug-likeness (QED) is 0.826. The summed E-state index contributed by atoms with van der Waals surface area (Å²) in [7, 11) is 1.53. The van der Waals surface area contributed by atoms with Crippen LogP contribution >= 0.6 is 0 Å². The lowest BCUT2D eigenvalue weighted by Gasteiger charge is -2.04. The molecular weight excluding hydrogens is 238 g/mol. The number of aromatic nitrogens is 1. The minimum absolute atomic E-state index is 0.0294. The van der Waals surface area contributed by atoms with Crippen molar-refractivity contribution in [1.82, 2.24) is 4.57 Å². The van der Waals surface area contributed by atoms with Crippen LogP contribution in [-0.4, -0.2) is 28.8 Å². The van der Waals surface area contributed by atoms with Gasteiger partial charge in [-0.25, -0.2) is 9.36 Å². The molecule has 6 nitrogen and oxygen atoms in total. The second-order valence-corrected chi connectivity index (χ2v) is 3.63. The lowest BCUT2D eigenvalue weighted by atomic mass is 10.2. The molecule has 1 heterocycles. The summed E-state index contributed by atoms with van der Waals surface area (Å²) in [6.45, 7) is 1.33. The van der Waals surface area contributed by atoms with E-state index in [-0.39, 0.29) is 11.8 Å². The average molecular weight is 249 g/mol. The van der Waals surface area contributed by atoms with E-state index in [1.54, 1.807) is 18.2 Å². The maximum Gasteiger partial charge on any atom is 0.512 e. The average Bonchev–Trinajstić information content (AvgIpc) is 2.64. The maximum absolute atomic E-state index is 11.5. The molecule has 94 valence electrons. The molecule has 0 aliphatic heterocycles. The van der Waals surface area contributed by atoms with Gasteiger partial charge in [0, 0.05) is 18.4 Å². The Morgan fingerprint density at radius 2 is 2.00 bits per heavy atom. The summed E-state index contributed by atoms with van der Waals surface area (Å²) < 4.78 is 10.8. The van der Waals surface area contributed by atoms with E-state index >= 15 is 0 Å². The molecule has 0 aliphatic carbocycles. The van der Waals surface area contributed by atoms with E-state index in [1.807, 2.05) is 0 Å². The van der Waals surface area contributed by atoms with E-state index in [2.05, 4.69) is 4.74 Å².